The molecule has 1 unspecified atom stereocenters. The summed E-state index contributed by atoms with van der Waals surface area (Å²) in [7, 11) is 0. The number of urea groups is 1. The molecular formula is C12H19N3O3S. The van der Waals surface area contributed by atoms with Crippen LogP contribution in [0.3, 0.4) is 0 Å². The number of carboxylic acid groups (broad SMARTS) is 1. The largest absolute Gasteiger partial charge is 0.481 e. The first-order valence-electron chi connectivity index (χ1n) is 6.25. The molecular weight excluding hydrogens is 266 g/mol. The van der Waals surface area contributed by atoms with Gasteiger partial charge in [0, 0.05) is 24.5 Å². The topological polar surface area (TPSA) is 91.3 Å². The standard InChI is InChI=1S/C12H19N3O3S/c1-9(11-13-7-8-19-11)15-12(18)14-6-4-2-3-5-10(16)17/h7-9H,2-6H2,1H3,(H,16,17)(H2,14,15,18). The quantitative estimate of drug-likeness (QED) is 0.638. The molecule has 1 heterocycles. The van der Waals surface area contributed by atoms with E-state index in [1.54, 1.807) is 6.20 Å². The van der Waals surface area contributed by atoms with Crippen molar-refractivity contribution in [2.45, 2.75) is 38.6 Å². The van der Waals surface area contributed by atoms with Crippen LogP contribution in [0.15, 0.2) is 11.6 Å². The number of rotatable bonds is 8. The van der Waals surface area contributed by atoms with E-state index < -0.39 is 5.97 Å². The summed E-state index contributed by atoms with van der Waals surface area (Å²) in [4.78, 5) is 26.0. The van der Waals surface area contributed by atoms with E-state index in [-0.39, 0.29) is 18.5 Å². The molecule has 0 saturated heterocycles. The maximum atomic E-state index is 11.6. The molecule has 6 nitrogen and oxygen atoms in total. The molecule has 0 aromatic carbocycles. The van der Waals surface area contributed by atoms with E-state index in [9.17, 15) is 9.59 Å². The fourth-order valence-corrected chi connectivity index (χ4v) is 2.18. The molecule has 1 atom stereocenters. The highest BCUT2D eigenvalue weighted by Gasteiger charge is 2.10. The van der Waals surface area contributed by atoms with Crippen LogP contribution in [0.2, 0.25) is 0 Å². The Balaban J connectivity index is 2.06. The van der Waals surface area contributed by atoms with Gasteiger partial charge in [-0.3, -0.25) is 4.79 Å². The summed E-state index contributed by atoms with van der Waals surface area (Å²) in [5, 5.41) is 16.7. The lowest BCUT2D eigenvalue weighted by Gasteiger charge is -2.12. The third kappa shape index (κ3) is 6.76. The van der Waals surface area contributed by atoms with E-state index in [1.807, 2.05) is 12.3 Å². The predicted molar refractivity (Wildman–Crippen MR) is 73.2 cm³/mol. The normalized spacial score (nSPS) is 11.8. The summed E-state index contributed by atoms with van der Waals surface area (Å²) in [5.41, 5.74) is 0. The van der Waals surface area contributed by atoms with Gasteiger partial charge in [-0.25, -0.2) is 9.78 Å². The minimum absolute atomic E-state index is 0.105. The average molecular weight is 285 g/mol. The second-order valence-electron chi connectivity index (χ2n) is 4.20. The zero-order chi connectivity index (χ0) is 14.1. The number of carbonyl (C=O) groups excluding carboxylic acids is 1. The van der Waals surface area contributed by atoms with E-state index in [2.05, 4.69) is 15.6 Å². The Morgan fingerprint density at radius 2 is 2.21 bits per heavy atom. The van der Waals surface area contributed by atoms with Gasteiger partial charge in [0.05, 0.1) is 6.04 Å². The number of thiazole rings is 1. The number of nitrogens with one attached hydrogen (secondary N) is 2. The third-order valence-corrected chi connectivity index (χ3v) is 3.48. The third-order valence-electron chi connectivity index (χ3n) is 2.52. The Labute approximate surface area is 116 Å². The van der Waals surface area contributed by atoms with Gasteiger partial charge in [0.25, 0.3) is 0 Å². The van der Waals surface area contributed by atoms with E-state index >= 15 is 0 Å². The van der Waals surface area contributed by atoms with Crippen LogP contribution in [-0.4, -0.2) is 28.6 Å². The van der Waals surface area contributed by atoms with Crippen LogP contribution in [0, 0.1) is 0 Å². The fraction of sp³-hybridized carbons (Fsp3) is 0.583. The lowest BCUT2D eigenvalue weighted by atomic mass is 10.2. The van der Waals surface area contributed by atoms with Crippen molar-refractivity contribution in [1.82, 2.24) is 15.6 Å². The summed E-state index contributed by atoms with van der Waals surface area (Å²) in [6.45, 7) is 2.43. The summed E-state index contributed by atoms with van der Waals surface area (Å²) in [6.07, 6.45) is 4.13. The molecule has 1 aromatic heterocycles. The molecule has 1 aromatic rings. The zero-order valence-corrected chi connectivity index (χ0v) is 11.7. The van der Waals surface area contributed by atoms with Gasteiger partial charge < -0.3 is 15.7 Å². The van der Waals surface area contributed by atoms with Crippen LogP contribution in [0.1, 0.15) is 43.7 Å². The molecule has 3 N–H and O–H groups in total. The minimum Gasteiger partial charge on any atom is -0.481 e. The molecule has 19 heavy (non-hydrogen) atoms. The maximum Gasteiger partial charge on any atom is 0.315 e. The summed E-state index contributed by atoms with van der Waals surface area (Å²) in [5.74, 6) is -0.775. The molecule has 0 bridgehead atoms. The smallest absolute Gasteiger partial charge is 0.315 e. The molecule has 0 fully saturated rings. The van der Waals surface area contributed by atoms with Gasteiger partial charge in [-0.2, -0.15) is 0 Å². The number of carbonyl (C=O) groups is 2. The number of aliphatic carboxylic acids is 1. The van der Waals surface area contributed by atoms with Crippen molar-refractivity contribution in [3.05, 3.63) is 16.6 Å². The van der Waals surface area contributed by atoms with Gasteiger partial charge in [-0.1, -0.05) is 6.42 Å². The first-order chi connectivity index (χ1) is 9.09. The van der Waals surface area contributed by atoms with Crippen molar-refractivity contribution in [1.29, 1.82) is 0 Å². The second kappa shape index (κ2) is 8.47. The Bertz CT molecular complexity index is 395. The van der Waals surface area contributed by atoms with Gasteiger partial charge in [0.1, 0.15) is 5.01 Å². The lowest BCUT2D eigenvalue weighted by Crippen LogP contribution is -2.37. The molecule has 0 radical (unpaired) electrons. The summed E-state index contributed by atoms with van der Waals surface area (Å²) >= 11 is 1.50. The number of amides is 2. The second-order valence-corrected chi connectivity index (χ2v) is 5.12. The van der Waals surface area contributed by atoms with Gasteiger partial charge in [0.15, 0.2) is 0 Å². The molecule has 1 rings (SSSR count). The van der Waals surface area contributed by atoms with E-state index in [0.717, 1.165) is 17.8 Å². The number of hydrogen-bond donors (Lipinski definition) is 3. The van der Waals surface area contributed by atoms with Crippen LogP contribution in [0.4, 0.5) is 4.79 Å². The van der Waals surface area contributed by atoms with Crippen LogP contribution < -0.4 is 10.6 Å². The highest BCUT2D eigenvalue weighted by atomic mass is 32.1. The van der Waals surface area contributed by atoms with Gasteiger partial charge in [0.2, 0.25) is 0 Å². The zero-order valence-electron chi connectivity index (χ0n) is 10.9. The maximum absolute atomic E-state index is 11.6. The van der Waals surface area contributed by atoms with Crippen molar-refractivity contribution in [2.75, 3.05) is 6.54 Å². The highest BCUT2D eigenvalue weighted by Crippen LogP contribution is 2.14. The number of aromatic nitrogens is 1. The number of unbranched alkanes of at least 4 members (excludes halogenated alkanes) is 2. The molecule has 7 heteroatoms. The Morgan fingerprint density at radius 3 is 2.84 bits per heavy atom. The van der Waals surface area contributed by atoms with Crippen molar-refractivity contribution in [2.24, 2.45) is 0 Å². The number of hydrogen-bond acceptors (Lipinski definition) is 4. The Kier molecular flexibility index (Phi) is 6.88. The van der Waals surface area contributed by atoms with Crippen LogP contribution in [0.25, 0.3) is 0 Å². The molecule has 0 saturated carbocycles. The van der Waals surface area contributed by atoms with E-state index in [1.165, 1.54) is 11.3 Å². The monoisotopic (exact) mass is 285 g/mol. The van der Waals surface area contributed by atoms with Crippen LogP contribution in [0.5, 0.6) is 0 Å². The molecule has 0 aliphatic heterocycles. The predicted octanol–water partition coefficient (Wildman–Crippen LogP) is 2.15. The first kappa shape index (κ1) is 15.4. The highest BCUT2D eigenvalue weighted by molar-refractivity contribution is 7.09. The van der Waals surface area contributed by atoms with Gasteiger partial charge in [-0.05, 0) is 19.8 Å². The van der Waals surface area contributed by atoms with Crippen molar-refractivity contribution in [3.8, 4) is 0 Å². The SMILES string of the molecule is CC(NC(=O)NCCCCCC(=O)O)c1nccs1. The molecule has 106 valence electrons. The summed E-state index contributed by atoms with van der Waals surface area (Å²) in [6, 6.07) is -0.326. The average Bonchev–Trinajstić information content (AvgIpc) is 2.87. The van der Waals surface area contributed by atoms with Crippen LogP contribution in [-0.2, 0) is 4.79 Å². The Morgan fingerprint density at radius 1 is 1.42 bits per heavy atom. The molecule has 0 aliphatic rings. The molecule has 0 aliphatic carbocycles. The van der Waals surface area contributed by atoms with Crippen LogP contribution >= 0.6 is 11.3 Å². The lowest BCUT2D eigenvalue weighted by molar-refractivity contribution is -0.137. The number of nitrogens with zero attached hydrogens (tertiary/aromatic N) is 1. The van der Waals surface area contributed by atoms with Crippen molar-refractivity contribution < 1.29 is 14.7 Å². The molecule has 0 spiro atoms. The van der Waals surface area contributed by atoms with Gasteiger partial charge >= 0.3 is 12.0 Å². The van der Waals surface area contributed by atoms with Crippen molar-refractivity contribution >= 4 is 23.3 Å². The molecule has 2 amide bonds. The Hall–Kier alpha value is -1.63. The summed E-state index contributed by atoms with van der Waals surface area (Å²) < 4.78 is 0. The van der Waals surface area contributed by atoms with Crippen molar-refractivity contribution in [3.63, 3.8) is 0 Å². The fourth-order valence-electron chi connectivity index (χ4n) is 1.54. The van der Waals surface area contributed by atoms with E-state index in [4.69, 9.17) is 5.11 Å². The van der Waals surface area contributed by atoms with Gasteiger partial charge in [-0.15, -0.1) is 11.3 Å². The number of carboxylic acids is 1. The minimum atomic E-state index is -0.775. The first-order valence-corrected chi connectivity index (χ1v) is 7.13. The van der Waals surface area contributed by atoms with E-state index in [0.29, 0.717) is 13.0 Å².